The molecule has 1 heterocycles. The molecule has 0 aliphatic heterocycles. The number of nitrogens with zero attached hydrogens (tertiary/aromatic N) is 1. The van der Waals surface area contributed by atoms with E-state index in [1.54, 1.807) is 38.1 Å². The maximum atomic E-state index is 12.3. The minimum atomic E-state index is -0.397. The smallest absolute Gasteiger partial charge is 0.338 e. The molecule has 1 aliphatic carbocycles. The van der Waals surface area contributed by atoms with Crippen LogP contribution in [0.25, 0.3) is 0 Å². The van der Waals surface area contributed by atoms with Crippen LogP contribution in [-0.4, -0.2) is 24.6 Å². The monoisotopic (exact) mass is 412 g/mol. The first-order valence-electron chi connectivity index (χ1n) is 9.76. The van der Waals surface area contributed by atoms with Crippen LogP contribution in [0.15, 0.2) is 24.3 Å². The Morgan fingerprint density at radius 1 is 1.17 bits per heavy atom. The number of hydrogen-bond donors (Lipinski definition) is 1. The van der Waals surface area contributed by atoms with Crippen molar-refractivity contribution < 1.29 is 19.1 Å². The van der Waals surface area contributed by atoms with Gasteiger partial charge < -0.3 is 14.8 Å². The van der Waals surface area contributed by atoms with Crippen LogP contribution in [0.2, 0.25) is 0 Å². The molecule has 0 atom stereocenters. The van der Waals surface area contributed by atoms with Gasteiger partial charge in [0, 0.05) is 4.88 Å². The van der Waals surface area contributed by atoms with Crippen molar-refractivity contribution in [1.82, 2.24) is 0 Å². The predicted molar refractivity (Wildman–Crippen MR) is 111 cm³/mol. The number of amides is 1. The third-order valence-electron chi connectivity index (χ3n) is 4.59. The van der Waals surface area contributed by atoms with E-state index in [2.05, 4.69) is 11.4 Å². The number of benzene rings is 1. The Kier molecular flexibility index (Phi) is 6.89. The number of carbonyl (C=O) groups excluding carboxylic acids is 2. The lowest BCUT2D eigenvalue weighted by Crippen LogP contribution is -2.20. The number of thiophene rings is 1. The molecule has 1 amide bonds. The second-order valence-corrected chi connectivity index (χ2v) is 8.30. The summed E-state index contributed by atoms with van der Waals surface area (Å²) in [6.45, 7) is 3.40. The summed E-state index contributed by atoms with van der Waals surface area (Å²) < 4.78 is 10.6. The van der Waals surface area contributed by atoms with E-state index in [1.165, 1.54) is 22.6 Å². The highest BCUT2D eigenvalue weighted by molar-refractivity contribution is 7.16. The van der Waals surface area contributed by atoms with Gasteiger partial charge in [0.25, 0.3) is 5.91 Å². The Bertz CT molecular complexity index is 926. The SMILES string of the molecule is CC(C)OC(=O)c1ccc(OCC(=O)Nc2sc3c(c2C#N)CCCCC3)cc1. The zero-order valence-corrected chi connectivity index (χ0v) is 17.4. The second kappa shape index (κ2) is 9.57. The first kappa shape index (κ1) is 20.9. The molecule has 0 saturated carbocycles. The van der Waals surface area contributed by atoms with E-state index in [-0.39, 0.29) is 18.6 Å². The van der Waals surface area contributed by atoms with Crippen LogP contribution in [0.4, 0.5) is 5.00 Å². The van der Waals surface area contributed by atoms with Crippen molar-refractivity contribution in [3.63, 3.8) is 0 Å². The Morgan fingerprint density at radius 2 is 1.90 bits per heavy atom. The van der Waals surface area contributed by atoms with Crippen molar-refractivity contribution >= 4 is 28.2 Å². The zero-order valence-electron chi connectivity index (χ0n) is 16.6. The fraction of sp³-hybridized carbons (Fsp3) is 0.409. The minimum absolute atomic E-state index is 0.177. The molecule has 2 aromatic rings. The number of ether oxygens (including phenoxy) is 2. The number of nitriles is 1. The molecule has 0 spiro atoms. The van der Waals surface area contributed by atoms with Crippen LogP contribution < -0.4 is 10.1 Å². The molecule has 1 aliphatic rings. The fourth-order valence-corrected chi connectivity index (χ4v) is 4.49. The molecule has 0 bridgehead atoms. The Morgan fingerprint density at radius 3 is 2.59 bits per heavy atom. The average Bonchev–Trinajstić information content (AvgIpc) is 2.85. The van der Waals surface area contributed by atoms with Gasteiger partial charge in [0.15, 0.2) is 6.61 Å². The van der Waals surface area contributed by atoms with Gasteiger partial charge in [-0.1, -0.05) is 6.42 Å². The van der Waals surface area contributed by atoms with E-state index in [4.69, 9.17) is 9.47 Å². The van der Waals surface area contributed by atoms with E-state index >= 15 is 0 Å². The number of aryl methyl sites for hydroxylation is 1. The fourth-order valence-electron chi connectivity index (χ4n) is 3.23. The van der Waals surface area contributed by atoms with Crippen LogP contribution in [0.1, 0.15) is 59.5 Å². The molecule has 1 N–H and O–H groups in total. The van der Waals surface area contributed by atoms with E-state index < -0.39 is 5.97 Å². The lowest BCUT2D eigenvalue weighted by atomic mass is 10.1. The van der Waals surface area contributed by atoms with Crippen molar-refractivity contribution in [3.8, 4) is 11.8 Å². The number of esters is 1. The van der Waals surface area contributed by atoms with Crippen LogP contribution in [0.3, 0.4) is 0 Å². The highest BCUT2D eigenvalue weighted by Gasteiger charge is 2.21. The highest BCUT2D eigenvalue weighted by Crippen LogP contribution is 2.36. The molecule has 0 radical (unpaired) electrons. The highest BCUT2D eigenvalue weighted by atomic mass is 32.1. The molecule has 6 nitrogen and oxygen atoms in total. The van der Waals surface area contributed by atoms with Gasteiger partial charge in [-0.15, -0.1) is 11.3 Å². The quantitative estimate of drug-likeness (QED) is 0.558. The van der Waals surface area contributed by atoms with Gasteiger partial charge >= 0.3 is 5.97 Å². The topological polar surface area (TPSA) is 88.4 Å². The Balaban J connectivity index is 1.58. The summed E-state index contributed by atoms with van der Waals surface area (Å²) >= 11 is 1.50. The van der Waals surface area contributed by atoms with Crippen molar-refractivity contribution in [2.45, 2.75) is 52.1 Å². The largest absolute Gasteiger partial charge is 0.484 e. The van der Waals surface area contributed by atoms with Crippen LogP contribution >= 0.6 is 11.3 Å². The summed E-state index contributed by atoms with van der Waals surface area (Å²) in [7, 11) is 0. The van der Waals surface area contributed by atoms with E-state index in [9.17, 15) is 14.9 Å². The maximum absolute atomic E-state index is 12.3. The summed E-state index contributed by atoms with van der Waals surface area (Å²) in [5.74, 6) is -0.240. The van der Waals surface area contributed by atoms with Gasteiger partial charge in [0.1, 0.15) is 16.8 Å². The normalized spacial score (nSPS) is 13.2. The van der Waals surface area contributed by atoms with Gasteiger partial charge in [-0.3, -0.25) is 4.79 Å². The summed E-state index contributed by atoms with van der Waals surface area (Å²) in [5.41, 5.74) is 2.11. The molecule has 29 heavy (non-hydrogen) atoms. The van der Waals surface area contributed by atoms with Gasteiger partial charge in [-0.2, -0.15) is 5.26 Å². The summed E-state index contributed by atoms with van der Waals surface area (Å²) in [4.78, 5) is 25.4. The number of hydrogen-bond acceptors (Lipinski definition) is 6. The Hall–Kier alpha value is -2.85. The molecular weight excluding hydrogens is 388 g/mol. The second-order valence-electron chi connectivity index (χ2n) is 7.20. The molecule has 1 aromatic carbocycles. The molecule has 0 unspecified atom stereocenters. The van der Waals surface area contributed by atoms with Crippen LogP contribution in [0.5, 0.6) is 5.75 Å². The average molecular weight is 413 g/mol. The van der Waals surface area contributed by atoms with Gasteiger partial charge in [-0.25, -0.2) is 4.79 Å². The van der Waals surface area contributed by atoms with Crippen molar-refractivity contribution in [1.29, 1.82) is 5.26 Å². The van der Waals surface area contributed by atoms with E-state index in [0.29, 0.717) is 21.9 Å². The molecule has 7 heteroatoms. The van der Waals surface area contributed by atoms with Crippen LogP contribution in [0, 0.1) is 11.3 Å². The van der Waals surface area contributed by atoms with Crippen molar-refractivity contribution in [2.75, 3.05) is 11.9 Å². The number of anilines is 1. The maximum Gasteiger partial charge on any atom is 0.338 e. The van der Waals surface area contributed by atoms with E-state index in [1.807, 2.05) is 0 Å². The number of carbonyl (C=O) groups is 2. The van der Waals surface area contributed by atoms with E-state index in [0.717, 1.165) is 31.2 Å². The lowest BCUT2D eigenvalue weighted by Gasteiger charge is -2.09. The molecular formula is C22H24N2O4S. The van der Waals surface area contributed by atoms with Gasteiger partial charge in [-0.05, 0) is 69.4 Å². The summed E-state index contributed by atoms with van der Waals surface area (Å²) in [6.07, 6.45) is 5.05. The molecule has 152 valence electrons. The first-order valence-corrected chi connectivity index (χ1v) is 10.6. The predicted octanol–water partition coefficient (Wildman–Crippen LogP) is 4.47. The lowest BCUT2D eigenvalue weighted by molar-refractivity contribution is -0.118. The standard InChI is InChI=1S/C22H24N2O4S/c1-14(2)28-22(26)15-8-10-16(11-9-15)27-13-20(25)24-21-18(12-23)17-6-4-3-5-7-19(17)29-21/h8-11,14H,3-7,13H2,1-2H3,(H,24,25). The van der Waals surface area contributed by atoms with Crippen molar-refractivity contribution in [3.05, 3.63) is 45.8 Å². The third-order valence-corrected chi connectivity index (χ3v) is 5.80. The molecule has 0 saturated heterocycles. The first-order chi connectivity index (χ1) is 14.0. The Labute approximate surface area is 174 Å². The van der Waals surface area contributed by atoms with Gasteiger partial charge in [0.2, 0.25) is 0 Å². The molecule has 1 aromatic heterocycles. The number of fused-ring (bicyclic) bond motifs is 1. The third kappa shape index (κ3) is 5.36. The zero-order chi connectivity index (χ0) is 20.8. The molecule has 0 fully saturated rings. The van der Waals surface area contributed by atoms with Crippen LogP contribution in [-0.2, 0) is 22.4 Å². The molecule has 3 rings (SSSR count). The number of nitrogens with one attached hydrogen (secondary N) is 1. The summed E-state index contributed by atoms with van der Waals surface area (Å²) in [6, 6.07) is 8.70. The minimum Gasteiger partial charge on any atom is -0.484 e. The number of rotatable bonds is 6. The summed E-state index contributed by atoms with van der Waals surface area (Å²) in [5, 5.41) is 13.0. The van der Waals surface area contributed by atoms with Crippen molar-refractivity contribution in [2.24, 2.45) is 0 Å². The van der Waals surface area contributed by atoms with Gasteiger partial charge in [0.05, 0.1) is 17.2 Å².